The molecule has 1 aliphatic rings. The maximum atomic E-state index is 9.79. The monoisotopic (exact) mass is 312 g/mol. The van der Waals surface area contributed by atoms with Crippen LogP contribution in [0.2, 0.25) is 0 Å². The molecule has 2 nitrogen and oxygen atoms in total. The van der Waals surface area contributed by atoms with E-state index in [0.29, 0.717) is 6.10 Å². The molecule has 0 saturated heterocycles. The summed E-state index contributed by atoms with van der Waals surface area (Å²) in [7, 11) is 0. The molecule has 1 atom stereocenters. The van der Waals surface area contributed by atoms with E-state index in [1.54, 1.807) is 6.92 Å². The van der Waals surface area contributed by atoms with Crippen molar-refractivity contribution in [3.8, 4) is 5.75 Å². The Morgan fingerprint density at radius 2 is 1.89 bits per heavy atom. The van der Waals surface area contributed by atoms with E-state index >= 15 is 0 Å². The fourth-order valence-corrected chi connectivity index (χ4v) is 2.83. The van der Waals surface area contributed by atoms with E-state index in [2.05, 4.69) is 15.9 Å². The molecule has 0 bridgehead atoms. The van der Waals surface area contributed by atoms with Gasteiger partial charge in [-0.25, -0.2) is 0 Å². The zero-order chi connectivity index (χ0) is 13.0. The molecule has 0 spiro atoms. The van der Waals surface area contributed by atoms with Crippen LogP contribution in [0.3, 0.4) is 0 Å². The second kappa shape index (κ2) is 6.58. The number of rotatable bonds is 3. The third-order valence-electron chi connectivity index (χ3n) is 3.52. The van der Waals surface area contributed by atoms with Crippen molar-refractivity contribution < 1.29 is 9.84 Å². The van der Waals surface area contributed by atoms with E-state index in [1.807, 2.05) is 18.2 Å². The predicted molar refractivity (Wildman–Crippen MR) is 76.9 cm³/mol. The summed E-state index contributed by atoms with van der Waals surface area (Å²) in [6, 6.07) is 5.84. The van der Waals surface area contributed by atoms with Crippen molar-refractivity contribution >= 4 is 15.9 Å². The lowest BCUT2D eigenvalue weighted by Crippen LogP contribution is -2.16. The molecule has 18 heavy (non-hydrogen) atoms. The molecule has 0 aromatic heterocycles. The van der Waals surface area contributed by atoms with E-state index in [4.69, 9.17) is 4.74 Å². The molecular weight excluding hydrogens is 292 g/mol. The molecular formula is C15H21BrO2. The van der Waals surface area contributed by atoms with Gasteiger partial charge in [-0.15, -0.1) is 0 Å². The molecule has 2 rings (SSSR count). The molecule has 1 saturated carbocycles. The molecule has 1 N–H and O–H groups in total. The van der Waals surface area contributed by atoms with Gasteiger partial charge < -0.3 is 9.84 Å². The van der Waals surface area contributed by atoms with Gasteiger partial charge in [-0.3, -0.25) is 0 Å². The minimum atomic E-state index is -0.487. The summed E-state index contributed by atoms with van der Waals surface area (Å²) in [5.74, 6) is 0.825. The highest BCUT2D eigenvalue weighted by molar-refractivity contribution is 9.10. The van der Waals surface area contributed by atoms with Crippen molar-refractivity contribution in [1.29, 1.82) is 0 Å². The van der Waals surface area contributed by atoms with E-state index in [0.717, 1.165) is 28.6 Å². The van der Waals surface area contributed by atoms with Crippen molar-refractivity contribution in [2.24, 2.45) is 0 Å². The summed E-state index contributed by atoms with van der Waals surface area (Å²) in [6.07, 6.45) is 7.23. The number of hydrogen-bond donors (Lipinski definition) is 1. The zero-order valence-electron chi connectivity index (χ0n) is 10.9. The maximum absolute atomic E-state index is 9.79. The number of ether oxygens (including phenoxy) is 1. The highest BCUT2D eigenvalue weighted by atomic mass is 79.9. The molecule has 1 aromatic carbocycles. The van der Waals surface area contributed by atoms with Crippen LogP contribution in [-0.2, 0) is 0 Å². The quantitative estimate of drug-likeness (QED) is 0.826. The van der Waals surface area contributed by atoms with Gasteiger partial charge in [0.25, 0.3) is 0 Å². The lowest BCUT2D eigenvalue weighted by molar-refractivity contribution is 0.161. The van der Waals surface area contributed by atoms with Crippen LogP contribution in [0.1, 0.15) is 57.1 Å². The number of aliphatic hydroxyl groups excluding tert-OH is 1. The second-order valence-electron chi connectivity index (χ2n) is 5.09. The average molecular weight is 313 g/mol. The number of benzene rings is 1. The molecule has 0 amide bonds. The van der Waals surface area contributed by atoms with E-state index in [-0.39, 0.29) is 0 Å². The van der Waals surface area contributed by atoms with Crippen LogP contribution in [0.5, 0.6) is 5.75 Å². The summed E-state index contributed by atoms with van der Waals surface area (Å²) in [5, 5.41) is 9.79. The minimum absolute atomic E-state index is 0.305. The SMILES string of the molecule is C[C@@H](O)c1ccc(Br)cc1OC1CCCCCC1. The lowest BCUT2D eigenvalue weighted by Gasteiger charge is -2.20. The Morgan fingerprint density at radius 1 is 1.22 bits per heavy atom. The van der Waals surface area contributed by atoms with Gasteiger partial charge in [0.2, 0.25) is 0 Å². The van der Waals surface area contributed by atoms with Crippen LogP contribution in [0.15, 0.2) is 22.7 Å². The Kier molecular flexibility index (Phi) is 5.07. The fourth-order valence-electron chi connectivity index (χ4n) is 2.49. The van der Waals surface area contributed by atoms with Crippen molar-refractivity contribution in [1.82, 2.24) is 0 Å². The molecule has 1 aromatic rings. The van der Waals surface area contributed by atoms with Gasteiger partial charge in [0.1, 0.15) is 5.75 Å². The van der Waals surface area contributed by atoms with Crippen LogP contribution in [0.4, 0.5) is 0 Å². The second-order valence-corrected chi connectivity index (χ2v) is 6.01. The molecule has 0 unspecified atom stereocenters. The number of halogens is 1. The summed E-state index contributed by atoms with van der Waals surface area (Å²) in [4.78, 5) is 0. The third-order valence-corrected chi connectivity index (χ3v) is 4.01. The third kappa shape index (κ3) is 3.72. The Morgan fingerprint density at radius 3 is 2.50 bits per heavy atom. The zero-order valence-corrected chi connectivity index (χ0v) is 12.4. The van der Waals surface area contributed by atoms with Gasteiger partial charge in [0, 0.05) is 10.0 Å². The molecule has 1 aliphatic carbocycles. The normalized spacial score (nSPS) is 19.3. The van der Waals surface area contributed by atoms with Gasteiger partial charge in [-0.05, 0) is 44.7 Å². The Labute approximate surface area is 117 Å². The molecule has 0 radical (unpaired) electrons. The van der Waals surface area contributed by atoms with Crippen molar-refractivity contribution in [3.05, 3.63) is 28.2 Å². The average Bonchev–Trinajstić information content (AvgIpc) is 2.57. The Bertz CT molecular complexity index is 382. The topological polar surface area (TPSA) is 29.5 Å². The van der Waals surface area contributed by atoms with E-state index in [1.165, 1.54) is 25.7 Å². The van der Waals surface area contributed by atoms with Crippen molar-refractivity contribution in [3.63, 3.8) is 0 Å². The van der Waals surface area contributed by atoms with Crippen molar-refractivity contribution in [2.45, 2.75) is 57.7 Å². The predicted octanol–water partition coefficient (Wildman–Crippen LogP) is 4.60. The highest BCUT2D eigenvalue weighted by Crippen LogP contribution is 2.31. The van der Waals surface area contributed by atoms with Crippen LogP contribution < -0.4 is 4.74 Å². The Balaban J connectivity index is 2.13. The summed E-state index contributed by atoms with van der Waals surface area (Å²) < 4.78 is 7.11. The molecule has 100 valence electrons. The minimum Gasteiger partial charge on any atom is -0.490 e. The van der Waals surface area contributed by atoms with Gasteiger partial charge in [-0.1, -0.05) is 34.8 Å². The highest BCUT2D eigenvalue weighted by Gasteiger charge is 2.17. The maximum Gasteiger partial charge on any atom is 0.126 e. The van der Waals surface area contributed by atoms with E-state index < -0.39 is 6.10 Å². The standard InChI is InChI=1S/C15H21BrO2/c1-11(17)14-9-8-12(16)10-15(14)18-13-6-4-2-3-5-7-13/h8-11,13,17H,2-7H2,1H3/t11-/m1/s1. The van der Waals surface area contributed by atoms with Crippen molar-refractivity contribution in [2.75, 3.05) is 0 Å². The first-order chi connectivity index (χ1) is 8.66. The van der Waals surface area contributed by atoms with Crippen LogP contribution in [0, 0.1) is 0 Å². The van der Waals surface area contributed by atoms with Crippen LogP contribution in [-0.4, -0.2) is 11.2 Å². The molecule has 0 aliphatic heterocycles. The summed E-state index contributed by atoms with van der Waals surface area (Å²) in [5.41, 5.74) is 0.877. The van der Waals surface area contributed by atoms with E-state index in [9.17, 15) is 5.11 Å². The Hall–Kier alpha value is -0.540. The first-order valence-electron chi connectivity index (χ1n) is 6.81. The fraction of sp³-hybridized carbons (Fsp3) is 0.600. The smallest absolute Gasteiger partial charge is 0.126 e. The summed E-state index contributed by atoms with van der Waals surface area (Å²) in [6.45, 7) is 1.78. The number of hydrogen-bond acceptors (Lipinski definition) is 2. The molecule has 3 heteroatoms. The van der Waals surface area contributed by atoms with Crippen LogP contribution >= 0.6 is 15.9 Å². The van der Waals surface area contributed by atoms with Gasteiger partial charge >= 0.3 is 0 Å². The largest absolute Gasteiger partial charge is 0.490 e. The first-order valence-corrected chi connectivity index (χ1v) is 7.60. The molecule has 0 heterocycles. The first kappa shape index (κ1) is 13.9. The van der Waals surface area contributed by atoms with Gasteiger partial charge in [0.05, 0.1) is 12.2 Å². The summed E-state index contributed by atoms with van der Waals surface area (Å²) >= 11 is 3.46. The van der Waals surface area contributed by atoms with Crippen LogP contribution in [0.25, 0.3) is 0 Å². The van der Waals surface area contributed by atoms with Gasteiger partial charge in [-0.2, -0.15) is 0 Å². The molecule has 1 fully saturated rings. The number of aliphatic hydroxyl groups is 1. The van der Waals surface area contributed by atoms with Gasteiger partial charge in [0.15, 0.2) is 0 Å². The lowest BCUT2D eigenvalue weighted by atomic mass is 10.1.